The number of phenols is 1. The Labute approximate surface area is 170 Å². The highest BCUT2D eigenvalue weighted by Crippen LogP contribution is 2.40. The molecule has 0 saturated heterocycles. The molecule has 0 aliphatic rings. The van der Waals surface area contributed by atoms with E-state index in [4.69, 9.17) is 18.9 Å². The minimum atomic E-state index is 0. The van der Waals surface area contributed by atoms with Crippen LogP contribution in [0.2, 0.25) is 0 Å². The molecule has 3 aromatic rings. The Hall–Kier alpha value is -2.86. The van der Waals surface area contributed by atoms with Gasteiger partial charge in [0.05, 0.1) is 27.9 Å². The average molecular weight is 406 g/mol. The summed E-state index contributed by atoms with van der Waals surface area (Å²) in [5.74, 6) is 2.31. The number of hydrogen-bond donors (Lipinski definition) is 1. The molecule has 0 bridgehead atoms. The maximum atomic E-state index is 10.5. The number of phenolic OH excluding ortho intramolecular Hbond substituents is 1. The first-order valence-electron chi connectivity index (χ1n) is 8.63. The van der Waals surface area contributed by atoms with Crippen LogP contribution < -0.4 is 18.9 Å². The van der Waals surface area contributed by atoms with Crippen LogP contribution in [-0.2, 0) is 6.42 Å². The molecule has 3 rings (SSSR count). The summed E-state index contributed by atoms with van der Waals surface area (Å²) in [7, 11) is 4.76. The highest BCUT2D eigenvalue weighted by molar-refractivity contribution is 5.92. The van der Waals surface area contributed by atoms with Crippen molar-refractivity contribution in [3.63, 3.8) is 0 Å². The predicted molar refractivity (Wildman–Crippen MR) is 111 cm³/mol. The van der Waals surface area contributed by atoms with Gasteiger partial charge in [-0.15, -0.1) is 12.4 Å². The van der Waals surface area contributed by atoms with Crippen LogP contribution in [-0.4, -0.2) is 38.0 Å². The van der Waals surface area contributed by atoms with Crippen LogP contribution in [0, 0.1) is 0 Å². The molecule has 28 heavy (non-hydrogen) atoms. The Morgan fingerprint density at radius 3 is 2.14 bits per heavy atom. The van der Waals surface area contributed by atoms with Crippen LogP contribution >= 0.6 is 12.4 Å². The second-order valence-electron chi connectivity index (χ2n) is 5.95. The minimum absolute atomic E-state index is 0. The molecule has 1 N–H and O–H groups in total. The van der Waals surface area contributed by atoms with Gasteiger partial charge in [-0.3, -0.25) is 4.98 Å². The molecule has 0 fully saturated rings. The van der Waals surface area contributed by atoms with Gasteiger partial charge in [0.1, 0.15) is 0 Å². The summed E-state index contributed by atoms with van der Waals surface area (Å²) in [5.41, 5.74) is 1.95. The van der Waals surface area contributed by atoms with Crippen molar-refractivity contribution in [1.29, 1.82) is 0 Å². The van der Waals surface area contributed by atoms with Crippen LogP contribution in [0.3, 0.4) is 0 Å². The first-order chi connectivity index (χ1) is 13.1. The molecule has 2 aromatic carbocycles. The van der Waals surface area contributed by atoms with Crippen molar-refractivity contribution in [2.75, 3.05) is 27.9 Å². The molecule has 0 saturated carbocycles. The zero-order chi connectivity index (χ0) is 19.4. The summed E-state index contributed by atoms with van der Waals surface area (Å²) in [6.45, 7) is 2.36. The number of aromatic hydroxyl groups is 1. The molecule has 0 amide bonds. The number of rotatable bonds is 7. The van der Waals surface area contributed by atoms with Crippen molar-refractivity contribution in [2.24, 2.45) is 0 Å². The van der Waals surface area contributed by atoms with E-state index >= 15 is 0 Å². The lowest BCUT2D eigenvalue weighted by molar-refractivity contribution is 0.320. The van der Waals surface area contributed by atoms with Gasteiger partial charge in [0.25, 0.3) is 0 Å². The largest absolute Gasteiger partial charge is 0.504 e. The van der Waals surface area contributed by atoms with E-state index < -0.39 is 0 Å². The van der Waals surface area contributed by atoms with E-state index in [9.17, 15) is 5.11 Å². The number of aromatic nitrogens is 1. The Kier molecular flexibility index (Phi) is 7.18. The van der Waals surface area contributed by atoms with E-state index in [1.165, 1.54) is 0 Å². The van der Waals surface area contributed by atoms with Crippen LogP contribution in [0.25, 0.3) is 10.8 Å². The summed E-state index contributed by atoms with van der Waals surface area (Å²) in [6.07, 6.45) is 4.03. The fourth-order valence-electron chi connectivity index (χ4n) is 3.14. The van der Waals surface area contributed by atoms with Crippen molar-refractivity contribution in [1.82, 2.24) is 4.98 Å². The molecule has 0 radical (unpaired) electrons. The fraction of sp³-hybridized carbons (Fsp3) is 0.286. The number of pyridine rings is 1. The van der Waals surface area contributed by atoms with Crippen LogP contribution in [0.15, 0.2) is 36.7 Å². The second-order valence-corrected chi connectivity index (χ2v) is 5.95. The smallest absolute Gasteiger partial charge is 0.203 e. The standard InChI is InChI=1S/C21H23NO5.ClH/c1-5-27-17-7-6-15-14(11-22-12-16(15)20(17)23)8-13-9-18(24-2)21(26-4)19(10-13)25-3;/h6-7,9-12,23H,5,8H2,1-4H3;1H. The molecule has 0 unspecified atom stereocenters. The van der Waals surface area contributed by atoms with E-state index in [2.05, 4.69) is 4.98 Å². The molecule has 0 spiro atoms. The van der Waals surface area contributed by atoms with Gasteiger partial charge in [0, 0.05) is 17.8 Å². The Morgan fingerprint density at radius 2 is 1.57 bits per heavy atom. The molecule has 0 atom stereocenters. The summed E-state index contributed by atoms with van der Waals surface area (Å²) >= 11 is 0. The Balaban J connectivity index is 0.00000280. The van der Waals surface area contributed by atoms with Crippen molar-refractivity contribution >= 4 is 23.2 Å². The number of hydrogen-bond acceptors (Lipinski definition) is 6. The summed E-state index contributed by atoms with van der Waals surface area (Å²) in [4.78, 5) is 4.29. The third-order valence-corrected chi connectivity index (χ3v) is 4.38. The van der Waals surface area contributed by atoms with Crippen molar-refractivity contribution in [3.05, 3.63) is 47.8 Å². The molecule has 0 aliphatic carbocycles. The average Bonchev–Trinajstić information content (AvgIpc) is 2.69. The predicted octanol–water partition coefficient (Wildman–Crippen LogP) is 4.38. The molecule has 6 nitrogen and oxygen atoms in total. The summed E-state index contributed by atoms with van der Waals surface area (Å²) in [6, 6.07) is 7.54. The third-order valence-electron chi connectivity index (χ3n) is 4.38. The second kappa shape index (κ2) is 9.37. The highest BCUT2D eigenvalue weighted by atomic mass is 35.5. The van der Waals surface area contributed by atoms with Crippen LogP contribution in [0.5, 0.6) is 28.7 Å². The number of halogens is 1. The van der Waals surface area contributed by atoms with Crippen LogP contribution in [0.4, 0.5) is 0 Å². The molecule has 150 valence electrons. The fourth-order valence-corrected chi connectivity index (χ4v) is 3.14. The third kappa shape index (κ3) is 4.02. The molecule has 7 heteroatoms. The Morgan fingerprint density at radius 1 is 0.893 bits per heavy atom. The van der Waals surface area contributed by atoms with E-state index in [0.717, 1.165) is 16.5 Å². The van der Waals surface area contributed by atoms with Crippen molar-refractivity contribution in [3.8, 4) is 28.7 Å². The quantitative estimate of drug-likeness (QED) is 0.629. The molecule has 1 heterocycles. The SMILES string of the molecule is CCOc1ccc2c(Cc3cc(OC)c(OC)c(OC)c3)cncc2c1O.Cl. The number of nitrogens with zero attached hydrogens (tertiary/aromatic N) is 1. The van der Waals surface area contributed by atoms with Gasteiger partial charge in [0.15, 0.2) is 23.0 Å². The maximum absolute atomic E-state index is 10.5. The molecular formula is C21H24ClNO5. The number of fused-ring (bicyclic) bond motifs is 1. The topological polar surface area (TPSA) is 70.0 Å². The van der Waals surface area contributed by atoms with E-state index in [0.29, 0.717) is 41.4 Å². The van der Waals surface area contributed by atoms with E-state index in [1.807, 2.05) is 25.1 Å². The lowest BCUT2D eigenvalue weighted by Crippen LogP contribution is -1.99. The van der Waals surface area contributed by atoms with E-state index in [-0.39, 0.29) is 18.2 Å². The normalized spacial score (nSPS) is 10.3. The van der Waals surface area contributed by atoms with Gasteiger partial charge in [0.2, 0.25) is 5.75 Å². The Bertz CT molecular complexity index is 936. The lowest BCUT2D eigenvalue weighted by Gasteiger charge is -2.15. The maximum Gasteiger partial charge on any atom is 0.203 e. The summed E-state index contributed by atoms with van der Waals surface area (Å²) in [5, 5.41) is 12.1. The molecular weight excluding hydrogens is 382 g/mol. The van der Waals surface area contributed by atoms with Crippen molar-refractivity contribution in [2.45, 2.75) is 13.3 Å². The van der Waals surface area contributed by atoms with Crippen LogP contribution in [0.1, 0.15) is 18.1 Å². The lowest BCUT2D eigenvalue weighted by atomic mass is 9.99. The van der Waals surface area contributed by atoms with Gasteiger partial charge in [-0.2, -0.15) is 0 Å². The minimum Gasteiger partial charge on any atom is -0.504 e. The highest BCUT2D eigenvalue weighted by Gasteiger charge is 2.15. The monoisotopic (exact) mass is 405 g/mol. The van der Waals surface area contributed by atoms with E-state index in [1.54, 1.807) is 39.8 Å². The zero-order valence-corrected chi connectivity index (χ0v) is 17.1. The van der Waals surface area contributed by atoms with Crippen molar-refractivity contribution < 1.29 is 24.1 Å². The first-order valence-corrected chi connectivity index (χ1v) is 8.63. The van der Waals surface area contributed by atoms with Gasteiger partial charge in [-0.25, -0.2) is 0 Å². The number of benzene rings is 2. The van der Waals surface area contributed by atoms with Gasteiger partial charge in [-0.1, -0.05) is 6.07 Å². The number of methoxy groups -OCH3 is 3. The van der Waals surface area contributed by atoms with Gasteiger partial charge < -0.3 is 24.1 Å². The summed E-state index contributed by atoms with van der Waals surface area (Å²) < 4.78 is 21.7. The zero-order valence-electron chi connectivity index (χ0n) is 16.3. The molecule has 1 aromatic heterocycles. The molecule has 0 aliphatic heterocycles. The van der Waals surface area contributed by atoms with Gasteiger partial charge in [-0.05, 0) is 48.1 Å². The van der Waals surface area contributed by atoms with Gasteiger partial charge >= 0.3 is 0 Å². The first kappa shape index (κ1) is 21.4. The number of ether oxygens (including phenoxy) is 4.